The predicted octanol–water partition coefficient (Wildman–Crippen LogP) is 4.26. The van der Waals surface area contributed by atoms with E-state index in [4.69, 9.17) is 4.84 Å². The summed E-state index contributed by atoms with van der Waals surface area (Å²) in [6, 6.07) is 5.45. The average Bonchev–Trinajstić information content (AvgIpc) is 2.22. The van der Waals surface area contributed by atoms with E-state index in [-0.39, 0.29) is 11.3 Å². The minimum atomic E-state index is -0.144. The molecule has 0 saturated heterocycles. The molecule has 1 amide bonds. The molecule has 1 aromatic rings. The summed E-state index contributed by atoms with van der Waals surface area (Å²) in [6.07, 6.45) is 0. The van der Waals surface area contributed by atoms with Gasteiger partial charge in [-0.15, -0.1) is 0 Å². The minimum absolute atomic E-state index is 0.0189. The van der Waals surface area contributed by atoms with Crippen molar-refractivity contribution >= 4 is 37.8 Å². The second-order valence-electron chi connectivity index (χ2n) is 5.24. The molecule has 1 rings (SSSR count). The van der Waals surface area contributed by atoms with Crippen LogP contribution in [-0.4, -0.2) is 24.6 Å². The second kappa shape index (κ2) is 6.17. The van der Waals surface area contributed by atoms with E-state index in [2.05, 4.69) is 52.6 Å². The Balaban J connectivity index is 2.96. The summed E-state index contributed by atoms with van der Waals surface area (Å²) < 4.78 is 1.71. The molecular formula is C13H17Br2NO2. The number of hydrogen-bond acceptors (Lipinski definition) is 2. The van der Waals surface area contributed by atoms with E-state index < -0.39 is 0 Å². The zero-order chi connectivity index (χ0) is 13.9. The highest BCUT2D eigenvalue weighted by atomic mass is 79.9. The van der Waals surface area contributed by atoms with Gasteiger partial charge < -0.3 is 0 Å². The summed E-state index contributed by atoms with van der Waals surface area (Å²) in [6.45, 7) is 6.71. The van der Waals surface area contributed by atoms with Crippen molar-refractivity contribution in [3.05, 3.63) is 32.7 Å². The van der Waals surface area contributed by atoms with Crippen molar-refractivity contribution in [3.63, 3.8) is 0 Å². The standard InChI is InChI=1S/C13H17Br2NO2/c1-13(2,3)8-16(18-4)12(17)9-5-10(14)7-11(15)6-9/h5-7H,8H2,1-4H3. The van der Waals surface area contributed by atoms with Gasteiger partial charge in [-0.25, -0.2) is 5.06 Å². The van der Waals surface area contributed by atoms with Gasteiger partial charge in [0.15, 0.2) is 0 Å². The zero-order valence-corrected chi connectivity index (χ0v) is 14.1. The van der Waals surface area contributed by atoms with Crippen molar-refractivity contribution in [1.29, 1.82) is 0 Å². The molecule has 0 bridgehead atoms. The average molecular weight is 379 g/mol. The van der Waals surface area contributed by atoms with Crippen molar-refractivity contribution < 1.29 is 9.63 Å². The van der Waals surface area contributed by atoms with Crippen LogP contribution in [0.1, 0.15) is 31.1 Å². The normalized spacial score (nSPS) is 11.4. The molecule has 0 aromatic heterocycles. The maximum Gasteiger partial charge on any atom is 0.277 e. The van der Waals surface area contributed by atoms with Crippen LogP contribution in [0.15, 0.2) is 27.1 Å². The van der Waals surface area contributed by atoms with Crippen LogP contribution in [0.2, 0.25) is 0 Å². The second-order valence-corrected chi connectivity index (χ2v) is 7.07. The van der Waals surface area contributed by atoms with Gasteiger partial charge in [0, 0.05) is 14.5 Å². The van der Waals surface area contributed by atoms with Crippen molar-refractivity contribution in [2.45, 2.75) is 20.8 Å². The molecule has 0 aliphatic carbocycles. The molecule has 18 heavy (non-hydrogen) atoms. The maximum absolute atomic E-state index is 12.3. The van der Waals surface area contributed by atoms with Gasteiger partial charge in [0.25, 0.3) is 5.91 Å². The number of hydroxylamine groups is 2. The van der Waals surface area contributed by atoms with E-state index in [1.807, 2.05) is 6.07 Å². The summed E-state index contributed by atoms with van der Waals surface area (Å²) in [5.74, 6) is -0.144. The van der Waals surface area contributed by atoms with E-state index in [1.165, 1.54) is 12.2 Å². The van der Waals surface area contributed by atoms with Gasteiger partial charge in [-0.1, -0.05) is 52.6 Å². The van der Waals surface area contributed by atoms with Crippen LogP contribution in [0.4, 0.5) is 0 Å². The van der Waals surface area contributed by atoms with Crippen molar-refractivity contribution in [2.24, 2.45) is 5.41 Å². The molecule has 0 spiro atoms. The molecule has 0 radical (unpaired) electrons. The summed E-state index contributed by atoms with van der Waals surface area (Å²) >= 11 is 6.74. The highest BCUT2D eigenvalue weighted by Crippen LogP contribution is 2.23. The fourth-order valence-electron chi connectivity index (χ4n) is 1.47. The molecule has 1 aromatic carbocycles. The number of nitrogens with zero attached hydrogens (tertiary/aromatic N) is 1. The lowest BCUT2D eigenvalue weighted by atomic mass is 9.96. The molecule has 3 nitrogen and oxygen atoms in total. The summed E-state index contributed by atoms with van der Waals surface area (Å²) in [5, 5.41) is 1.38. The molecule has 0 fully saturated rings. The lowest BCUT2D eigenvalue weighted by Crippen LogP contribution is -2.36. The number of carbonyl (C=O) groups is 1. The number of benzene rings is 1. The Morgan fingerprint density at radius 3 is 2.11 bits per heavy atom. The van der Waals surface area contributed by atoms with E-state index in [0.717, 1.165) is 8.95 Å². The third-order valence-corrected chi connectivity index (χ3v) is 3.09. The van der Waals surface area contributed by atoms with Crippen LogP contribution in [0.25, 0.3) is 0 Å². The monoisotopic (exact) mass is 377 g/mol. The number of halogens is 2. The third kappa shape index (κ3) is 4.71. The largest absolute Gasteiger partial charge is 0.277 e. The van der Waals surface area contributed by atoms with Gasteiger partial charge in [0.1, 0.15) is 0 Å². The molecule has 0 unspecified atom stereocenters. The maximum atomic E-state index is 12.3. The highest BCUT2D eigenvalue weighted by molar-refractivity contribution is 9.11. The summed E-state index contributed by atoms with van der Waals surface area (Å²) in [4.78, 5) is 17.5. The molecule has 5 heteroatoms. The SMILES string of the molecule is CON(CC(C)(C)C)C(=O)c1cc(Br)cc(Br)c1. The van der Waals surface area contributed by atoms with E-state index in [0.29, 0.717) is 12.1 Å². The first-order valence-corrected chi connectivity index (χ1v) is 7.13. The van der Waals surface area contributed by atoms with Gasteiger partial charge >= 0.3 is 0 Å². The Bertz CT molecular complexity index is 421. The lowest BCUT2D eigenvalue weighted by molar-refractivity contribution is -0.110. The summed E-state index contributed by atoms with van der Waals surface area (Å²) in [5.41, 5.74) is 0.567. The van der Waals surface area contributed by atoms with E-state index in [1.54, 1.807) is 12.1 Å². The third-order valence-electron chi connectivity index (χ3n) is 2.17. The molecule has 0 heterocycles. The molecule has 0 N–H and O–H groups in total. The number of amides is 1. The molecule has 0 aliphatic heterocycles. The Kier molecular flexibility index (Phi) is 5.37. The Morgan fingerprint density at radius 2 is 1.72 bits per heavy atom. The molecule has 100 valence electrons. The van der Waals surface area contributed by atoms with Gasteiger partial charge in [-0.2, -0.15) is 0 Å². The van der Waals surface area contributed by atoms with Gasteiger partial charge in [-0.05, 0) is 23.6 Å². The van der Waals surface area contributed by atoms with Gasteiger partial charge in [-0.3, -0.25) is 9.63 Å². The van der Waals surface area contributed by atoms with E-state index in [9.17, 15) is 4.79 Å². The fraction of sp³-hybridized carbons (Fsp3) is 0.462. The van der Waals surface area contributed by atoms with Crippen LogP contribution >= 0.6 is 31.9 Å². The van der Waals surface area contributed by atoms with Crippen LogP contribution in [-0.2, 0) is 4.84 Å². The Hall–Kier alpha value is -0.390. The van der Waals surface area contributed by atoms with Gasteiger partial charge in [0.05, 0.1) is 13.7 Å². The summed E-state index contributed by atoms with van der Waals surface area (Å²) in [7, 11) is 1.51. The molecular weight excluding hydrogens is 362 g/mol. The zero-order valence-electron chi connectivity index (χ0n) is 11.0. The first-order chi connectivity index (χ1) is 8.23. The molecule has 0 aliphatic rings. The number of hydrogen-bond donors (Lipinski definition) is 0. The molecule has 0 saturated carbocycles. The first kappa shape index (κ1) is 15.7. The fourth-order valence-corrected chi connectivity index (χ4v) is 2.77. The topological polar surface area (TPSA) is 29.5 Å². The first-order valence-electron chi connectivity index (χ1n) is 5.55. The number of rotatable bonds is 3. The van der Waals surface area contributed by atoms with Crippen molar-refractivity contribution in [3.8, 4) is 0 Å². The Labute approximate surface area is 125 Å². The van der Waals surface area contributed by atoms with Crippen LogP contribution in [0, 0.1) is 5.41 Å². The van der Waals surface area contributed by atoms with Crippen molar-refractivity contribution in [1.82, 2.24) is 5.06 Å². The van der Waals surface area contributed by atoms with Crippen LogP contribution in [0.5, 0.6) is 0 Å². The Morgan fingerprint density at radius 1 is 1.22 bits per heavy atom. The quantitative estimate of drug-likeness (QED) is 0.735. The van der Waals surface area contributed by atoms with Crippen LogP contribution in [0.3, 0.4) is 0 Å². The minimum Gasteiger partial charge on any atom is -0.274 e. The predicted molar refractivity (Wildman–Crippen MR) is 79.3 cm³/mol. The highest BCUT2D eigenvalue weighted by Gasteiger charge is 2.22. The van der Waals surface area contributed by atoms with E-state index >= 15 is 0 Å². The molecule has 0 atom stereocenters. The van der Waals surface area contributed by atoms with Crippen LogP contribution < -0.4 is 0 Å². The number of carbonyl (C=O) groups excluding carboxylic acids is 1. The van der Waals surface area contributed by atoms with Crippen molar-refractivity contribution in [2.75, 3.05) is 13.7 Å². The smallest absolute Gasteiger partial charge is 0.274 e. The van der Waals surface area contributed by atoms with Gasteiger partial charge in [0.2, 0.25) is 0 Å². The lowest BCUT2D eigenvalue weighted by Gasteiger charge is -2.27.